The number of nitrogens with zero attached hydrogens (tertiary/aromatic N) is 1. The van der Waals surface area contributed by atoms with Crippen LogP contribution in [0.3, 0.4) is 0 Å². The van der Waals surface area contributed by atoms with Gasteiger partial charge in [0.1, 0.15) is 5.69 Å². The Morgan fingerprint density at radius 2 is 0.714 bits per heavy atom. The maximum Gasteiger partial charge on any atom is 0.104 e. The first-order valence-electron chi connectivity index (χ1n) is 15.9. The van der Waals surface area contributed by atoms with Gasteiger partial charge in [-0.2, -0.15) is 0 Å². The van der Waals surface area contributed by atoms with Gasteiger partial charge in [0.05, 0.1) is 56.7 Å². The van der Waals surface area contributed by atoms with E-state index in [4.69, 9.17) is 4.98 Å². The second-order valence-electron chi connectivity index (χ2n) is 12.4. The van der Waals surface area contributed by atoms with Crippen LogP contribution in [0.2, 0.25) is 0 Å². The lowest BCUT2D eigenvalue weighted by Crippen LogP contribution is -1.88. The Labute approximate surface area is 318 Å². The Kier molecular flexibility index (Phi) is 8.34. The van der Waals surface area contributed by atoms with E-state index < -0.39 is 0 Å². The van der Waals surface area contributed by atoms with Gasteiger partial charge in [-0.05, 0) is 130 Å². The first-order chi connectivity index (χ1) is 23.7. The SMILES string of the molecule is Cc1c(C)c2[nH]c1c(-c1ccccc1)c1nc(c3[nH]c(c(Br)c3Br)c(-c3ccccc3)c3[nH]c(c(C)c3C)c2-c2ccccc2)C(Br)=C1Br. The van der Waals surface area contributed by atoms with E-state index in [0.29, 0.717) is 0 Å². The van der Waals surface area contributed by atoms with E-state index in [2.05, 4.69) is 197 Å². The number of fused-ring (bicyclic) bond motifs is 9. The molecular formula is C41H30Br4N4. The molecule has 3 aromatic carbocycles. The molecule has 49 heavy (non-hydrogen) atoms. The number of nitrogens with one attached hydrogen (secondary N) is 3. The average Bonchev–Trinajstić information content (AvgIpc) is 3.78. The van der Waals surface area contributed by atoms with E-state index in [9.17, 15) is 0 Å². The topological polar surface area (TPSA) is 60.3 Å². The molecule has 8 bridgehead atoms. The Morgan fingerprint density at radius 3 is 1.16 bits per heavy atom. The summed E-state index contributed by atoms with van der Waals surface area (Å²) in [5, 5.41) is 0. The lowest BCUT2D eigenvalue weighted by Gasteiger charge is -2.07. The highest BCUT2D eigenvalue weighted by atomic mass is 79.9. The first kappa shape index (κ1) is 32.5. The van der Waals surface area contributed by atoms with Crippen molar-refractivity contribution < 1.29 is 0 Å². The number of hydrogen-bond acceptors (Lipinski definition) is 1. The van der Waals surface area contributed by atoms with Gasteiger partial charge in [-0.15, -0.1) is 0 Å². The summed E-state index contributed by atoms with van der Waals surface area (Å²) in [5.74, 6) is 0. The molecule has 8 heteroatoms. The van der Waals surface area contributed by atoms with E-state index in [1.165, 1.54) is 22.3 Å². The van der Waals surface area contributed by atoms with Crippen molar-refractivity contribution in [3.05, 3.63) is 134 Å². The summed E-state index contributed by atoms with van der Waals surface area (Å²) in [6.45, 7) is 8.86. The molecule has 0 saturated heterocycles. The molecule has 1 aliphatic rings. The quantitative estimate of drug-likeness (QED) is 0.163. The Bertz CT molecular complexity index is 2610. The van der Waals surface area contributed by atoms with Crippen LogP contribution < -0.4 is 0 Å². The minimum atomic E-state index is 0.800. The van der Waals surface area contributed by atoms with Gasteiger partial charge in [0.25, 0.3) is 0 Å². The normalized spacial score (nSPS) is 12.4. The van der Waals surface area contributed by atoms with Crippen molar-refractivity contribution in [2.45, 2.75) is 27.7 Å². The standard InChI is InChI=1S/C41H30Br4N4/c1-20-22(3)36-28(25-16-10-6-11-17-25)38-30(42)32(44)40(48-38)41-33(45)31(43)39(49-41)29(26-18-12-7-13-19-26)37-23(4)21(2)35(47-37)27(34(20)46-36)24-14-8-5-9-15-24/h5-19,46-48H,1-4H3. The van der Waals surface area contributed by atoms with Crippen LogP contribution in [0.4, 0.5) is 0 Å². The van der Waals surface area contributed by atoms with Crippen molar-refractivity contribution in [2.24, 2.45) is 0 Å². The maximum atomic E-state index is 5.39. The van der Waals surface area contributed by atoms with Gasteiger partial charge in [-0.3, -0.25) is 0 Å². The molecule has 0 fully saturated rings. The second kappa shape index (κ2) is 12.6. The highest BCUT2D eigenvalue weighted by molar-refractivity contribution is 9.18. The van der Waals surface area contributed by atoms with Gasteiger partial charge in [-0.1, -0.05) is 91.0 Å². The molecule has 0 spiro atoms. The molecule has 7 aromatic rings. The molecule has 8 rings (SSSR count). The van der Waals surface area contributed by atoms with Crippen LogP contribution in [0.25, 0.3) is 75.4 Å². The highest BCUT2D eigenvalue weighted by Crippen LogP contribution is 2.48. The van der Waals surface area contributed by atoms with Crippen LogP contribution in [0.5, 0.6) is 0 Å². The molecule has 1 aliphatic heterocycles. The molecule has 0 aliphatic carbocycles. The number of aryl methyl sites for hydroxylation is 4. The molecule has 0 unspecified atom stereocenters. The van der Waals surface area contributed by atoms with Crippen LogP contribution in [0, 0.1) is 27.7 Å². The summed E-state index contributed by atoms with van der Waals surface area (Å²) in [7, 11) is 0. The van der Waals surface area contributed by atoms with Gasteiger partial charge in [-0.25, -0.2) is 4.98 Å². The highest BCUT2D eigenvalue weighted by Gasteiger charge is 2.27. The van der Waals surface area contributed by atoms with E-state index >= 15 is 0 Å². The van der Waals surface area contributed by atoms with Crippen LogP contribution in [-0.4, -0.2) is 19.9 Å². The summed E-state index contributed by atoms with van der Waals surface area (Å²) in [5.41, 5.74) is 19.0. The number of H-pyrrole nitrogens is 3. The van der Waals surface area contributed by atoms with E-state index in [1.54, 1.807) is 0 Å². The molecule has 242 valence electrons. The average molecular weight is 898 g/mol. The summed E-state index contributed by atoms with van der Waals surface area (Å²) < 4.78 is 3.58. The molecule has 0 radical (unpaired) electrons. The fourth-order valence-corrected chi connectivity index (χ4v) is 8.89. The van der Waals surface area contributed by atoms with Crippen molar-refractivity contribution in [2.75, 3.05) is 0 Å². The number of aromatic nitrogens is 4. The maximum absolute atomic E-state index is 5.39. The van der Waals surface area contributed by atoms with Gasteiger partial charge >= 0.3 is 0 Å². The summed E-state index contributed by atoms with van der Waals surface area (Å²) >= 11 is 15.9. The zero-order valence-electron chi connectivity index (χ0n) is 27.1. The van der Waals surface area contributed by atoms with Gasteiger partial charge in [0.15, 0.2) is 0 Å². The molecular weight excluding hydrogens is 868 g/mol. The molecule has 5 heterocycles. The Balaban J connectivity index is 1.73. The number of rotatable bonds is 3. The molecule has 0 atom stereocenters. The van der Waals surface area contributed by atoms with Crippen molar-refractivity contribution in [1.82, 2.24) is 19.9 Å². The minimum Gasteiger partial charge on any atom is -0.354 e. The van der Waals surface area contributed by atoms with E-state index in [0.717, 1.165) is 95.8 Å². The van der Waals surface area contributed by atoms with Crippen molar-refractivity contribution in [1.29, 1.82) is 0 Å². The van der Waals surface area contributed by atoms with Gasteiger partial charge in [0.2, 0.25) is 0 Å². The minimum absolute atomic E-state index is 0.800. The summed E-state index contributed by atoms with van der Waals surface area (Å²) in [4.78, 5) is 17.2. The zero-order valence-corrected chi connectivity index (χ0v) is 33.5. The van der Waals surface area contributed by atoms with Crippen molar-refractivity contribution in [3.63, 3.8) is 0 Å². The fourth-order valence-electron chi connectivity index (χ4n) is 6.96. The van der Waals surface area contributed by atoms with Gasteiger partial charge < -0.3 is 15.0 Å². The van der Waals surface area contributed by atoms with E-state index in [-0.39, 0.29) is 0 Å². The van der Waals surface area contributed by atoms with Crippen molar-refractivity contribution in [3.8, 4) is 33.4 Å². The molecule has 3 N–H and O–H groups in total. The number of aromatic amines is 3. The first-order valence-corrected chi connectivity index (χ1v) is 19.1. The monoisotopic (exact) mass is 894 g/mol. The molecule has 0 amide bonds. The zero-order chi connectivity index (χ0) is 34.1. The fraction of sp³-hybridized carbons (Fsp3) is 0.0976. The number of benzene rings is 3. The van der Waals surface area contributed by atoms with Crippen LogP contribution in [0.1, 0.15) is 33.6 Å². The molecule has 0 saturated carbocycles. The summed E-state index contributed by atoms with van der Waals surface area (Å²) in [6.07, 6.45) is 0. The number of halogens is 4. The Morgan fingerprint density at radius 1 is 0.388 bits per heavy atom. The van der Waals surface area contributed by atoms with E-state index in [1.807, 2.05) is 0 Å². The third-order valence-corrected chi connectivity index (χ3v) is 13.9. The van der Waals surface area contributed by atoms with Crippen LogP contribution >= 0.6 is 63.7 Å². The van der Waals surface area contributed by atoms with Crippen LogP contribution in [-0.2, 0) is 0 Å². The molecule has 4 nitrogen and oxygen atoms in total. The molecule has 4 aromatic heterocycles. The Hall–Kier alpha value is -3.69. The van der Waals surface area contributed by atoms with Gasteiger partial charge in [0, 0.05) is 16.7 Å². The number of hydrogen-bond donors (Lipinski definition) is 3. The third kappa shape index (κ3) is 5.13. The van der Waals surface area contributed by atoms with Crippen molar-refractivity contribution >= 4 is 106 Å². The third-order valence-electron chi connectivity index (χ3n) is 9.75. The lowest BCUT2D eigenvalue weighted by molar-refractivity contribution is 1.31. The lowest BCUT2D eigenvalue weighted by atomic mass is 9.99. The smallest absolute Gasteiger partial charge is 0.104 e. The summed E-state index contributed by atoms with van der Waals surface area (Å²) in [6, 6.07) is 31.8. The predicted molar refractivity (Wildman–Crippen MR) is 222 cm³/mol. The second-order valence-corrected chi connectivity index (χ2v) is 15.6. The largest absolute Gasteiger partial charge is 0.354 e. The predicted octanol–water partition coefficient (Wildman–Crippen LogP) is 13.9. The van der Waals surface area contributed by atoms with Crippen LogP contribution in [0.15, 0.2) is 99.9 Å².